The van der Waals surface area contributed by atoms with Crippen LogP contribution in [0.25, 0.3) is 0 Å². The van der Waals surface area contributed by atoms with E-state index in [0.29, 0.717) is 6.04 Å². The van der Waals surface area contributed by atoms with Gasteiger partial charge in [-0.2, -0.15) is 0 Å². The number of nitrogens with zero attached hydrogens (tertiary/aromatic N) is 1. The number of ether oxygens (including phenoxy) is 2. The van der Waals surface area contributed by atoms with Gasteiger partial charge in [0.1, 0.15) is 5.75 Å². The number of hydrogen-bond donors (Lipinski definition) is 1. The van der Waals surface area contributed by atoms with Crippen LogP contribution in [-0.4, -0.2) is 39.0 Å². The van der Waals surface area contributed by atoms with Crippen LogP contribution in [0.3, 0.4) is 0 Å². The van der Waals surface area contributed by atoms with Gasteiger partial charge in [0.25, 0.3) is 0 Å². The summed E-state index contributed by atoms with van der Waals surface area (Å²) in [5, 5.41) is 0. The van der Waals surface area contributed by atoms with Gasteiger partial charge in [-0.05, 0) is 31.9 Å². The third-order valence-corrected chi connectivity index (χ3v) is 3.80. The quantitative estimate of drug-likeness (QED) is 0.868. The van der Waals surface area contributed by atoms with Gasteiger partial charge in [0.15, 0.2) is 0 Å². The summed E-state index contributed by atoms with van der Waals surface area (Å²) in [5.74, 6) is 0.964. The lowest BCUT2D eigenvalue weighted by Gasteiger charge is -2.33. The summed E-state index contributed by atoms with van der Waals surface area (Å²) in [7, 11) is 1.72. The number of nitrogens with two attached hydrogens (primary N) is 1. The van der Waals surface area contributed by atoms with E-state index in [1.165, 1.54) is 5.69 Å². The van der Waals surface area contributed by atoms with Crippen LogP contribution in [-0.2, 0) is 4.74 Å². The minimum Gasteiger partial charge on any atom is -0.488 e. The van der Waals surface area contributed by atoms with E-state index in [-0.39, 0.29) is 6.10 Å². The molecule has 0 radical (unpaired) electrons. The van der Waals surface area contributed by atoms with Crippen LogP contribution < -0.4 is 15.4 Å². The summed E-state index contributed by atoms with van der Waals surface area (Å²) < 4.78 is 11.2. The first-order valence-electron chi connectivity index (χ1n) is 7.46. The Morgan fingerprint density at radius 1 is 1.30 bits per heavy atom. The number of methoxy groups -OCH3 is 1. The van der Waals surface area contributed by atoms with E-state index >= 15 is 0 Å². The maximum absolute atomic E-state index is 6.07. The zero-order valence-corrected chi connectivity index (χ0v) is 12.5. The maximum atomic E-state index is 6.07. The van der Waals surface area contributed by atoms with Gasteiger partial charge < -0.3 is 20.1 Å². The van der Waals surface area contributed by atoms with Crippen LogP contribution in [0.4, 0.5) is 5.69 Å². The molecule has 4 nitrogen and oxygen atoms in total. The molecule has 1 fully saturated rings. The highest BCUT2D eigenvalue weighted by atomic mass is 16.5. The van der Waals surface area contributed by atoms with Crippen molar-refractivity contribution < 1.29 is 9.47 Å². The molecule has 0 amide bonds. The van der Waals surface area contributed by atoms with Crippen molar-refractivity contribution in [1.29, 1.82) is 0 Å². The number of benzene rings is 1. The van der Waals surface area contributed by atoms with E-state index in [1.54, 1.807) is 7.11 Å². The third kappa shape index (κ3) is 4.12. The summed E-state index contributed by atoms with van der Waals surface area (Å²) in [4.78, 5) is 2.38. The van der Waals surface area contributed by atoms with Gasteiger partial charge in [0.2, 0.25) is 0 Å². The van der Waals surface area contributed by atoms with Crippen LogP contribution in [0.1, 0.15) is 26.2 Å². The minimum absolute atomic E-state index is 0.156. The fraction of sp³-hybridized carbons (Fsp3) is 0.625. The van der Waals surface area contributed by atoms with E-state index in [9.17, 15) is 0 Å². The molecule has 4 heteroatoms. The highest BCUT2D eigenvalue weighted by molar-refractivity contribution is 5.58. The van der Waals surface area contributed by atoms with Gasteiger partial charge in [-0.1, -0.05) is 12.1 Å². The fourth-order valence-corrected chi connectivity index (χ4v) is 2.52. The molecule has 1 heterocycles. The average molecular weight is 278 g/mol. The minimum atomic E-state index is 0.156. The van der Waals surface area contributed by atoms with Crippen molar-refractivity contribution in [3.05, 3.63) is 24.3 Å². The van der Waals surface area contributed by atoms with E-state index in [0.717, 1.165) is 44.7 Å². The second-order valence-electron chi connectivity index (χ2n) is 5.50. The molecule has 1 atom stereocenters. The van der Waals surface area contributed by atoms with Crippen molar-refractivity contribution in [2.75, 3.05) is 31.7 Å². The molecular formula is C16H26N2O2. The standard InChI is InChI=1S/C16H26N2O2/c1-13(9-12-19-2)20-16-6-4-3-5-15(16)18-10-7-14(17)8-11-18/h3-6,13-14H,7-12,17H2,1-2H3. The molecule has 2 rings (SSSR count). The zero-order valence-electron chi connectivity index (χ0n) is 12.5. The Bertz CT molecular complexity index is 403. The van der Waals surface area contributed by atoms with Crippen molar-refractivity contribution in [2.45, 2.75) is 38.3 Å². The second-order valence-corrected chi connectivity index (χ2v) is 5.50. The zero-order chi connectivity index (χ0) is 14.4. The van der Waals surface area contributed by atoms with Crippen LogP contribution in [0.15, 0.2) is 24.3 Å². The number of piperidine rings is 1. The van der Waals surface area contributed by atoms with Gasteiger partial charge >= 0.3 is 0 Å². The molecule has 2 N–H and O–H groups in total. The molecule has 0 aliphatic carbocycles. The first-order chi connectivity index (χ1) is 9.70. The Labute approximate surface area is 121 Å². The number of para-hydroxylation sites is 2. The van der Waals surface area contributed by atoms with Gasteiger partial charge in [-0.3, -0.25) is 0 Å². The Morgan fingerprint density at radius 3 is 2.70 bits per heavy atom. The van der Waals surface area contributed by atoms with Gasteiger partial charge in [-0.25, -0.2) is 0 Å². The molecule has 1 unspecified atom stereocenters. The average Bonchev–Trinajstić information content (AvgIpc) is 2.47. The molecule has 1 aliphatic heterocycles. The molecule has 0 saturated carbocycles. The number of rotatable bonds is 6. The van der Waals surface area contributed by atoms with E-state index in [4.69, 9.17) is 15.2 Å². The summed E-state index contributed by atoms with van der Waals surface area (Å²) in [6.07, 6.45) is 3.15. The summed E-state index contributed by atoms with van der Waals surface area (Å²) in [6, 6.07) is 8.62. The summed E-state index contributed by atoms with van der Waals surface area (Å²) in [5.41, 5.74) is 7.16. The van der Waals surface area contributed by atoms with Crippen molar-refractivity contribution in [3.8, 4) is 5.75 Å². The molecule has 1 saturated heterocycles. The van der Waals surface area contributed by atoms with E-state index in [2.05, 4.69) is 24.0 Å². The monoisotopic (exact) mass is 278 g/mol. The van der Waals surface area contributed by atoms with Crippen LogP contribution >= 0.6 is 0 Å². The Hall–Kier alpha value is -1.26. The lowest BCUT2D eigenvalue weighted by Crippen LogP contribution is -2.39. The van der Waals surface area contributed by atoms with Gasteiger partial charge in [0.05, 0.1) is 11.8 Å². The van der Waals surface area contributed by atoms with E-state index in [1.807, 2.05) is 12.1 Å². The first-order valence-corrected chi connectivity index (χ1v) is 7.46. The first kappa shape index (κ1) is 15.1. The lowest BCUT2D eigenvalue weighted by atomic mass is 10.1. The summed E-state index contributed by atoms with van der Waals surface area (Å²) in [6.45, 7) is 4.83. The molecule has 112 valence electrons. The normalized spacial score (nSPS) is 18.1. The van der Waals surface area contributed by atoms with Crippen molar-refractivity contribution in [3.63, 3.8) is 0 Å². The van der Waals surface area contributed by atoms with E-state index < -0.39 is 0 Å². The Balaban J connectivity index is 2.02. The topological polar surface area (TPSA) is 47.7 Å². The molecule has 0 bridgehead atoms. The number of hydrogen-bond acceptors (Lipinski definition) is 4. The molecule has 1 aliphatic rings. The lowest BCUT2D eigenvalue weighted by molar-refractivity contribution is 0.135. The Kier molecular flexibility index (Phi) is 5.68. The SMILES string of the molecule is COCCC(C)Oc1ccccc1N1CCC(N)CC1. The van der Waals surface area contributed by atoms with Crippen molar-refractivity contribution in [2.24, 2.45) is 5.73 Å². The van der Waals surface area contributed by atoms with Crippen LogP contribution in [0, 0.1) is 0 Å². The number of anilines is 1. The highest BCUT2D eigenvalue weighted by Crippen LogP contribution is 2.31. The second kappa shape index (κ2) is 7.50. The molecule has 20 heavy (non-hydrogen) atoms. The largest absolute Gasteiger partial charge is 0.488 e. The van der Waals surface area contributed by atoms with Crippen molar-refractivity contribution >= 4 is 5.69 Å². The molecule has 1 aromatic rings. The van der Waals surface area contributed by atoms with Gasteiger partial charge in [-0.15, -0.1) is 0 Å². The van der Waals surface area contributed by atoms with Crippen molar-refractivity contribution in [1.82, 2.24) is 0 Å². The predicted octanol–water partition coefficient (Wildman–Crippen LogP) is 2.42. The Morgan fingerprint density at radius 2 is 2.00 bits per heavy atom. The molecule has 0 aromatic heterocycles. The summed E-state index contributed by atoms with van der Waals surface area (Å²) >= 11 is 0. The van der Waals surface area contributed by atoms with Crippen LogP contribution in [0.5, 0.6) is 5.75 Å². The highest BCUT2D eigenvalue weighted by Gasteiger charge is 2.19. The fourth-order valence-electron chi connectivity index (χ4n) is 2.52. The van der Waals surface area contributed by atoms with Crippen LogP contribution in [0.2, 0.25) is 0 Å². The molecule has 0 spiro atoms. The molecular weight excluding hydrogens is 252 g/mol. The maximum Gasteiger partial charge on any atom is 0.142 e. The van der Waals surface area contributed by atoms with Gasteiger partial charge in [0, 0.05) is 39.3 Å². The third-order valence-electron chi connectivity index (χ3n) is 3.80. The molecule has 1 aromatic carbocycles. The predicted molar refractivity (Wildman–Crippen MR) is 82.4 cm³/mol. The smallest absolute Gasteiger partial charge is 0.142 e.